The van der Waals surface area contributed by atoms with Crippen LogP contribution in [0.2, 0.25) is 0 Å². The van der Waals surface area contributed by atoms with Crippen molar-refractivity contribution < 1.29 is 4.79 Å². The summed E-state index contributed by atoms with van der Waals surface area (Å²) < 4.78 is 0.834. The van der Waals surface area contributed by atoms with Crippen LogP contribution in [0.15, 0.2) is 22.8 Å². The first kappa shape index (κ1) is 13.4. The van der Waals surface area contributed by atoms with E-state index in [9.17, 15) is 4.79 Å². The number of aromatic nitrogens is 1. The molecule has 78 valence electrons. The molecule has 1 heterocycles. The highest BCUT2D eigenvalue weighted by atomic mass is 79.9. The molecule has 0 spiro atoms. The Morgan fingerprint density at radius 1 is 1.64 bits per heavy atom. The number of rotatable bonds is 3. The fraction of sp³-hybridized carbons (Fsp3) is 0.250. The van der Waals surface area contributed by atoms with Crippen LogP contribution in [0.1, 0.15) is 10.5 Å². The van der Waals surface area contributed by atoms with Gasteiger partial charge in [0.1, 0.15) is 5.69 Å². The number of nitrogens with two attached hydrogens (primary N) is 1. The Balaban J connectivity index is 0.00000169. The van der Waals surface area contributed by atoms with E-state index in [1.54, 1.807) is 18.3 Å². The Labute approximate surface area is 96.8 Å². The van der Waals surface area contributed by atoms with E-state index in [4.69, 9.17) is 5.73 Å². The number of amides is 1. The van der Waals surface area contributed by atoms with E-state index in [1.165, 1.54) is 0 Å². The van der Waals surface area contributed by atoms with Crippen LogP contribution in [0.5, 0.6) is 0 Å². The number of nitrogens with zero attached hydrogens (tertiary/aromatic N) is 1. The van der Waals surface area contributed by atoms with Crippen LogP contribution in [-0.4, -0.2) is 24.0 Å². The van der Waals surface area contributed by atoms with Crippen molar-refractivity contribution >= 4 is 34.2 Å². The molecule has 3 N–H and O–H groups in total. The summed E-state index contributed by atoms with van der Waals surface area (Å²) in [6, 6.07) is 3.42. The average molecular weight is 281 g/mol. The van der Waals surface area contributed by atoms with Crippen molar-refractivity contribution in [2.75, 3.05) is 13.1 Å². The Morgan fingerprint density at radius 3 is 2.93 bits per heavy atom. The number of halogens is 2. The number of carbonyl (C=O) groups is 1. The minimum Gasteiger partial charge on any atom is -0.349 e. The van der Waals surface area contributed by atoms with Crippen LogP contribution in [-0.2, 0) is 0 Å². The second kappa shape index (κ2) is 6.75. The van der Waals surface area contributed by atoms with Crippen LogP contribution in [0.4, 0.5) is 0 Å². The van der Waals surface area contributed by atoms with Crippen LogP contribution < -0.4 is 11.1 Å². The van der Waals surface area contributed by atoms with E-state index in [2.05, 4.69) is 26.2 Å². The highest BCUT2D eigenvalue weighted by Crippen LogP contribution is 2.08. The van der Waals surface area contributed by atoms with Crippen LogP contribution >= 0.6 is 28.3 Å². The van der Waals surface area contributed by atoms with Crippen LogP contribution in [0, 0.1) is 0 Å². The summed E-state index contributed by atoms with van der Waals surface area (Å²) in [5.74, 6) is -0.202. The Hall–Kier alpha value is -0.650. The second-order valence-electron chi connectivity index (χ2n) is 2.40. The lowest BCUT2D eigenvalue weighted by Crippen LogP contribution is -2.29. The molecule has 6 heteroatoms. The molecule has 0 aliphatic heterocycles. The lowest BCUT2D eigenvalue weighted by molar-refractivity contribution is 0.0949. The maximum Gasteiger partial charge on any atom is 0.269 e. The highest BCUT2D eigenvalue weighted by Gasteiger charge is 2.05. The molecule has 4 nitrogen and oxygen atoms in total. The third-order valence-corrected chi connectivity index (χ3v) is 1.88. The summed E-state index contributed by atoms with van der Waals surface area (Å²) in [6.07, 6.45) is 1.57. The van der Waals surface area contributed by atoms with E-state index in [1.807, 2.05) is 0 Å². The first-order valence-electron chi connectivity index (χ1n) is 3.84. The molecular weight excluding hydrogens is 269 g/mol. The number of nitrogens with one attached hydrogen (secondary N) is 1. The van der Waals surface area contributed by atoms with Crippen molar-refractivity contribution in [3.63, 3.8) is 0 Å². The van der Waals surface area contributed by atoms with Gasteiger partial charge in [-0.1, -0.05) is 15.9 Å². The molecule has 0 fully saturated rings. The molecule has 1 aromatic rings. The van der Waals surface area contributed by atoms with Crippen molar-refractivity contribution in [3.8, 4) is 0 Å². The maximum absolute atomic E-state index is 11.3. The van der Waals surface area contributed by atoms with E-state index >= 15 is 0 Å². The van der Waals surface area contributed by atoms with Crippen LogP contribution in [0.3, 0.4) is 0 Å². The monoisotopic (exact) mass is 279 g/mol. The van der Waals surface area contributed by atoms with Gasteiger partial charge in [0.25, 0.3) is 5.91 Å². The molecule has 0 aromatic carbocycles. The summed E-state index contributed by atoms with van der Waals surface area (Å²) in [5.41, 5.74) is 5.63. The van der Waals surface area contributed by atoms with E-state index in [0.717, 1.165) is 4.47 Å². The van der Waals surface area contributed by atoms with E-state index in [0.29, 0.717) is 18.8 Å². The van der Waals surface area contributed by atoms with Crippen molar-refractivity contribution in [2.45, 2.75) is 0 Å². The van der Waals surface area contributed by atoms with Gasteiger partial charge < -0.3 is 11.1 Å². The summed E-state index contributed by atoms with van der Waals surface area (Å²) in [6.45, 7) is 0.896. The van der Waals surface area contributed by atoms with E-state index < -0.39 is 0 Å². The topological polar surface area (TPSA) is 68.0 Å². The minimum atomic E-state index is -0.202. The predicted octanol–water partition coefficient (Wildman–Crippen LogP) is 0.954. The Morgan fingerprint density at radius 2 is 2.36 bits per heavy atom. The molecule has 0 bridgehead atoms. The van der Waals surface area contributed by atoms with E-state index in [-0.39, 0.29) is 18.3 Å². The molecule has 14 heavy (non-hydrogen) atoms. The molecule has 0 radical (unpaired) electrons. The third-order valence-electron chi connectivity index (χ3n) is 1.38. The maximum atomic E-state index is 11.3. The normalized spacial score (nSPS) is 9.00. The molecule has 0 unspecified atom stereocenters. The molecule has 0 aliphatic rings. The standard InChI is InChI=1S/C8H10BrN3O.ClH/c9-6-1-3-11-7(5-6)8(13)12-4-2-10;/h1,3,5H,2,4,10H2,(H,12,13);1H. The van der Waals surface area contributed by atoms with Gasteiger partial charge in [-0.15, -0.1) is 12.4 Å². The molecule has 1 rings (SSSR count). The average Bonchev–Trinajstić information content (AvgIpc) is 2.14. The fourth-order valence-corrected chi connectivity index (χ4v) is 1.14. The predicted molar refractivity (Wildman–Crippen MR) is 60.6 cm³/mol. The zero-order valence-corrected chi connectivity index (χ0v) is 9.77. The Bertz CT molecular complexity index is 308. The zero-order chi connectivity index (χ0) is 9.68. The zero-order valence-electron chi connectivity index (χ0n) is 7.37. The van der Waals surface area contributed by atoms with Crippen molar-refractivity contribution in [2.24, 2.45) is 5.73 Å². The van der Waals surface area contributed by atoms with Gasteiger partial charge in [0.2, 0.25) is 0 Å². The number of hydrogen-bond acceptors (Lipinski definition) is 3. The van der Waals surface area contributed by atoms with Gasteiger partial charge in [-0.3, -0.25) is 9.78 Å². The largest absolute Gasteiger partial charge is 0.349 e. The smallest absolute Gasteiger partial charge is 0.269 e. The molecule has 0 saturated carbocycles. The molecule has 0 aliphatic carbocycles. The van der Waals surface area contributed by atoms with Gasteiger partial charge in [-0.2, -0.15) is 0 Å². The first-order valence-corrected chi connectivity index (χ1v) is 4.63. The van der Waals surface area contributed by atoms with Gasteiger partial charge in [0, 0.05) is 23.8 Å². The molecule has 0 saturated heterocycles. The lowest BCUT2D eigenvalue weighted by atomic mass is 10.3. The SMILES string of the molecule is Cl.NCCNC(=O)c1cc(Br)ccn1. The van der Waals surface area contributed by atoms with Gasteiger partial charge in [-0.05, 0) is 12.1 Å². The minimum absolute atomic E-state index is 0. The van der Waals surface area contributed by atoms with Crippen molar-refractivity contribution in [1.29, 1.82) is 0 Å². The molecule has 1 aromatic heterocycles. The number of hydrogen-bond donors (Lipinski definition) is 2. The van der Waals surface area contributed by atoms with Gasteiger partial charge in [-0.25, -0.2) is 0 Å². The number of carbonyl (C=O) groups excluding carboxylic acids is 1. The van der Waals surface area contributed by atoms with Gasteiger partial charge in [0.05, 0.1) is 0 Å². The third kappa shape index (κ3) is 4.04. The molecule has 0 atom stereocenters. The Kier molecular flexibility index (Phi) is 6.44. The quantitative estimate of drug-likeness (QED) is 0.866. The molecule has 1 amide bonds. The molecular formula is C8H11BrClN3O. The summed E-state index contributed by atoms with van der Waals surface area (Å²) in [5, 5.41) is 2.63. The number of pyridine rings is 1. The summed E-state index contributed by atoms with van der Waals surface area (Å²) in [7, 11) is 0. The lowest BCUT2D eigenvalue weighted by Gasteiger charge is -2.01. The highest BCUT2D eigenvalue weighted by molar-refractivity contribution is 9.10. The summed E-state index contributed by atoms with van der Waals surface area (Å²) in [4.78, 5) is 15.2. The van der Waals surface area contributed by atoms with Crippen molar-refractivity contribution in [1.82, 2.24) is 10.3 Å². The second-order valence-corrected chi connectivity index (χ2v) is 3.32. The summed E-state index contributed by atoms with van der Waals surface area (Å²) >= 11 is 3.25. The fourth-order valence-electron chi connectivity index (χ4n) is 0.805. The van der Waals surface area contributed by atoms with Crippen LogP contribution in [0.25, 0.3) is 0 Å². The van der Waals surface area contributed by atoms with Gasteiger partial charge >= 0.3 is 0 Å². The van der Waals surface area contributed by atoms with Crippen molar-refractivity contribution in [3.05, 3.63) is 28.5 Å². The first-order chi connectivity index (χ1) is 6.24. The van der Waals surface area contributed by atoms with Gasteiger partial charge in [0.15, 0.2) is 0 Å².